The van der Waals surface area contributed by atoms with E-state index in [9.17, 15) is 9.36 Å². The molecule has 0 aliphatic rings. The van der Waals surface area contributed by atoms with Crippen molar-refractivity contribution in [1.29, 1.82) is 0 Å². The van der Waals surface area contributed by atoms with Gasteiger partial charge in [0.15, 0.2) is 0 Å². The third-order valence-electron chi connectivity index (χ3n) is 2.33. The zero-order valence-electron chi connectivity index (χ0n) is 12.1. The maximum Gasteiger partial charge on any atom is 0.334 e. The molecule has 0 aliphatic carbocycles. The fourth-order valence-electron chi connectivity index (χ4n) is 1.62. The molecule has 6 heteroatoms. The van der Waals surface area contributed by atoms with Crippen molar-refractivity contribution in [2.45, 2.75) is 45.0 Å². The molecule has 0 saturated heterocycles. The molecule has 0 bridgehead atoms. The fraction of sp³-hybridized carbons (Fsp3) is 0.500. The monoisotopic (exact) mass is 318 g/mol. The number of ether oxygens (including phenoxy) is 1. The molecule has 0 amide bonds. The third kappa shape index (κ3) is 4.34. The summed E-state index contributed by atoms with van der Waals surface area (Å²) >= 11 is 6.10. The average Bonchev–Trinajstić information content (AvgIpc) is 2.37. The first-order valence-electron chi connectivity index (χ1n) is 6.45. The largest absolute Gasteiger partial charge is 0.461 e. The lowest BCUT2D eigenvalue weighted by Gasteiger charge is -2.25. The highest BCUT2D eigenvalue weighted by Gasteiger charge is 2.42. The highest BCUT2D eigenvalue weighted by atomic mass is 35.5. The van der Waals surface area contributed by atoms with Crippen LogP contribution in [-0.4, -0.2) is 23.3 Å². The molecule has 2 unspecified atom stereocenters. The van der Waals surface area contributed by atoms with Crippen molar-refractivity contribution in [2.24, 2.45) is 0 Å². The van der Waals surface area contributed by atoms with Gasteiger partial charge in [0.1, 0.15) is 0 Å². The minimum Gasteiger partial charge on any atom is -0.461 e. The van der Waals surface area contributed by atoms with Gasteiger partial charge in [-0.05, 0) is 39.8 Å². The highest BCUT2D eigenvalue weighted by Crippen LogP contribution is 2.54. The van der Waals surface area contributed by atoms with Crippen LogP contribution in [0.25, 0.3) is 0 Å². The minimum atomic E-state index is -3.54. The van der Waals surface area contributed by atoms with Crippen LogP contribution in [0.15, 0.2) is 30.3 Å². The predicted octanol–water partition coefficient (Wildman–Crippen LogP) is 3.53. The van der Waals surface area contributed by atoms with Gasteiger partial charge in [0.05, 0.1) is 12.2 Å². The standard InChI is InChI=1S/C14H20ClO4P/c1-10(2)18-14(16)13(15)20(17,19-11(3)4)12-8-6-5-7-9-12/h5-11,13H,1-4H3. The van der Waals surface area contributed by atoms with Gasteiger partial charge in [0, 0.05) is 5.30 Å². The summed E-state index contributed by atoms with van der Waals surface area (Å²) in [4.78, 5) is 11.9. The number of alkyl halides is 1. The summed E-state index contributed by atoms with van der Waals surface area (Å²) in [5.41, 5.74) is 0. The van der Waals surface area contributed by atoms with E-state index in [1.165, 1.54) is 0 Å². The number of rotatable bonds is 6. The van der Waals surface area contributed by atoms with E-state index in [0.29, 0.717) is 5.30 Å². The molecule has 0 heterocycles. The van der Waals surface area contributed by atoms with Crippen LogP contribution in [0, 0.1) is 0 Å². The van der Waals surface area contributed by atoms with Crippen LogP contribution in [0.3, 0.4) is 0 Å². The van der Waals surface area contributed by atoms with Crippen molar-refractivity contribution in [3.8, 4) is 0 Å². The molecule has 0 aromatic heterocycles. The van der Waals surface area contributed by atoms with Crippen molar-refractivity contribution >= 4 is 30.2 Å². The van der Waals surface area contributed by atoms with E-state index in [2.05, 4.69) is 0 Å². The van der Waals surface area contributed by atoms with Crippen LogP contribution in [0.5, 0.6) is 0 Å². The van der Waals surface area contributed by atoms with E-state index < -0.39 is 18.5 Å². The number of carbonyl (C=O) groups is 1. The Morgan fingerprint density at radius 1 is 1.10 bits per heavy atom. The molecular weight excluding hydrogens is 299 g/mol. The van der Waals surface area contributed by atoms with Crippen molar-refractivity contribution < 1.29 is 18.6 Å². The third-order valence-corrected chi connectivity index (χ3v) is 5.84. The molecular formula is C14H20ClO4P. The Morgan fingerprint density at radius 2 is 1.65 bits per heavy atom. The molecule has 2 atom stereocenters. The molecule has 112 valence electrons. The topological polar surface area (TPSA) is 52.6 Å². The Balaban J connectivity index is 3.12. The van der Waals surface area contributed by atoms with Crippen molar-refractivity contribution in [2.75, 3.05) is 0 Å². The molecule has 0 aliphatic heterocycles. The van der Waals surface area contributed by atoms with Crippen LogP contribution < -0.4 is 5.30 Å². The van der Waals surface area contributed by atoms with E-state index in [-0.39, 0.29) is 12.2 Å². The summed E-state index contributed by atoms with van der Waals surface area (Å²) in [6, 6.07) is 8.52. The molecule has 0 N–H and O–H groups in total. The highest BCUT2D eigenvalue weighted by molar-refractivity contribution is 7.70. The Labute approximate surface area is 124 Å². The van der Waals surface area contributed by atoms with Gasteiger partial charge in [-0.3, -0.25) is 4.57 Å². The number of hydrogen-bond acceptors (Lipinski definition) is 4. The molecule has 0 spiro atoms. The summed E-state index contributed by atoms with van der Waals surface area (Å²) in [5, 5.41) is -0.941. The second-order valence-electron chi connectivity index (χ2n) is 4.91. The first-order chi connectivity index (χ1) is 9.27. The predicted molar refractivity (Wildman–Crippen MR) is 80.8 cm³/mol. The maximum absolute atomic E-state index is 13.1. The Hall–Kier alpha value is -0.830. The number of esters is 1. The van der Waals surface area contributed by atoms with E-state index >= 15 is 0 Å². The normalized spacial score (nSPS) is 15.9. The van der Waals surface area contributed by atoms with Crippen LogP contribution in [-0.2, 0) is 18.6 Å². The smallest absolute Gasteiger partial charge is 0.334 e. The summed E-state index contributed by atoms with van der Waals surface area (Å²) in [6.07, 6.45) is -0.652. The van der Waals surface area contributed by atoms with E-state index in [0.717, 1.165) is 0 Å². The van der Waals surface area contributed by atoms with Gasteiger partial charge < -0.3 is 9.26 Å². The summed E-state index contributed by atoms with van der Waals surface area (Å²) in [7, 11) is -3.54. The summed E-state index contributed by atoms with van der Waals surface area (Å²) in [6.45, 7) is 6.90. The molecule has 0 saturated carbocycles. The Bertz CT molecular complexity index is 487. The van der Waals surface area contributed by atoms with E-state index in [4.69, 9.17) is 20.9 Å². The number of benzene rings is 1. The number of hydrogen-bond donors (Lipinski definition) is 0. The molecule has 1 aromatic carbocycles. The van der Waals surface area contributed by atoms with Crippen molar-refractivity contribution in [3.63, 3.8) is 0 Å². The van der Waals surface area contributed by atoms with Gasteiger partial charge in [-0.2, -0.15) is 0 Å². The SMILES string of the molecule is CC(C)OC(=O)C(Cl)P(=O)(OC(C)C)c1ccccc1. The average molecular weight is 319 g/mol. The zero-order chi connectivity index (χ0) is 15.3. The lowest BCUT2D eigenvalue weighted by molar-refractivity contribution is -0.145. The molecule has 1 rings (SSSR count). The van der Waals surface area contributed by atoms with Gasteiger partial charge in [-0.1, -0.05) is 29.8 Å². The van der Waals surface area contributed by atoms with Gasteiger partial charge in [0.25, 0.3) is 7.37 Å². The van der Waals surface area contributed by atoms with Crippen LogP contribution in [0.1, 0.15) is 27.7 Å². The molecule has 20 heavy (non-hydrogen) atoms. The first kappa shape index (κ1) is 17.2. The van der Waals surface area contributed by atoms with Crippen LogP contribution >= 0.6 is 19.0 Å². The second kappa shape index (κ2) is 7.26. The van der Waals surface area contributed by atoms with Gasteiger partial charge in [-0.15, -0.1) is 0 Å². The van der Waals surface area contributed by atoms with Crippen molar-refractivity contribution in [1.82, 2.24) is 0 Å². The lowest BCUT2D eigenvalue weighted by atomic mass is 10.4. The number of halogens is 1. The zero-order valence-corrected chi connectivity index (χ0v) is 13.7. The van der Waals surface area contributed by atoms with Crippen molar-refractivity contribution in [3.05, 3.63) is 30.3 Å². The quantitative estimate of drug-likeness (QED) is 0.457. The van der Waals surface area contributed by atoms with Gasteiger partial charge >= 0.3 is 5.97 Å². The molecule has 1 aromatic rings. The first-order valence-corrected chi connectivity index (χ1v) is 8.58. The van der Waals surface area contributed by atoms with Crippen LogP contribution in [0.4, 0.5) is 0 Å². The Morgan fingerprint density at radius 3 is 2.10 bits per heavy atom. The molecule has 0 radical (unpaired) electrons. The summed E-state index contributed by atoms with van der Waals surface area (Å²) in [5.74, 6) is -0.727. The van der Waals surface area contributed by atoms with E-state index in [1.54, 1.807) is 58.0 Å². The lowest BCUT2D eigenvalue weighted by Crippen LogP contribution is -2.27. The Kier molecular flexibility index (Phi) is 6.25. The minimum absolute atomic E-state index is 0.325. The fourth-order valence-corrected chi connectivity index (χ4v) is 4.19. The van der Waals surface area contributed by atoms with Crippen LogP contribution in [0.2, 0.25) is 0 Å². The maximum atomic E-state index is 13.1. The van der Waals surface area contributed by atoms with E-state index in [1.807, 2.05) is 0 Å². The van der Waals surface area contributed by atoms with Gasteiger partial charge in [0.2, 0.25) is 5.12 Å². The molecule has 4 nitrogen and oxygen atoms in total. The van der Waals surface area contributed by atoms with Gasteiger partial charge in [-0.25, -0.2) is 4.79 Å². The second-order valence-corrected chi connectivity index (χ2v) is 8.09. The molecule has 0 fully saturated rings. The summed E-state index contributed by atoms with van der Waals surface area (Å²) < 4.78 is 23.6. The number of carbonyl (C=O) groups excluding carboxylic acids is 1.